The standard InChI is InChI=1S/C10H12BrN3O/c11-9-3-10(13-6-12-9)14-4-7-1-2-8(5-14)15-7/h3,6-8H,1-2,4-5H2. The van der Waals surface area contributed by atoms with Gasteiger partial charge in [0.25, 0.3) is 0 Å². The summed E-state index contributed by atoms with van der Waals surface area (Å²) in [6, 6.07) is 1.96. The van der Waals surface area contributed by atoms with E-state index in [1.165, 1.54) is 12.8 Å². The van der Waals surface area contributed by atoms with E-state index in [0.717, 1.165) is 23.5 Å². The fraction of sp³-hybridized carbons (Fsp3) is 0.600. The monoisotopic (exact) mass is 269 g/mol. The molecule has 2 aliphatic rings. The van der Waals surface area contributed by atoms with Crippen LogP contribution in [0.3, 0.4) is 0 Å². The average molecular weight is 270 g/mol. The van der Waals surface area contributed by atoms with Gasteiger partial charge in [-0.2, -0.15) is 0 Å². The van der Waals surface area contributed by atoms with E-state index in [-0.39, 0.29) is 0 Å². The molecule has 3 rings (SSSR count). The minimum Gasteiger partial charge on any atom is -0.371 e. The fourth-order valence-corrected chi connectivity index (χ4v) is 2.60. The lowest BCUT2D eigenvalue weighted by Crippen LogP contribution is -2.43. The number of hydrogen-bond acceptors (Lipinski definition) is 4. The maximum atomic E-state index is 5.78. The number of halogens is 1. The Hall–Kier alpha value is -0.680. The van der Waals surface area contributed by atoms with Crippen molar-refractivity contribution in [3.63, 3.8) is 0 Å². The lowest BCUT2D eigenvalue weighted by Gasteiger charge is -2.32. The van der Waals surface area contributed by atoms with Gasteiger partial charge in [-0.1, -0.05) is 0 Å². The second kappa shape index (κ2) is 3.72. The summed E-state index contributed by atoms with van der Waals surface area (Å²) in [5.74, 6) is 0.997. The molecule has 80 valence electrons. The second-order valence-corrected chi connectivity index (χ2v) is 4.87. The van der Waals surface area contributed by atoms with Gasteiger partial charge in [0.1, 0.15) is 16.7 Å². The number of ether oxygens (including phenoxy) is 1. The Morgan fingerprint density at radius 3 is 2.67 bits per heavy atom. The van der Waals surface area contributed by atoms with Crippen molar-refractivity contribution in [1.82, 2.24) is 9.97 Å². The molecule has 2 fully saturated rings. The van der Waals surface area contributed by atoms with Crippen LogP contribution in [0.2, 0.25) is 0 Å². The lowest BCUT2D eigenvalue weighted by atomic mass is 10.2. The van der Waals surface area contributed by atoms with Crippen molar-refractivity contribution in [3.05, 3.63) is 17.0 Å². The summed E-state index contributed by atoms with van der Waals surface area (Å²) < 4.78 is 6.62. The van der Waals surface area contributed by atoms with E-state index < -0.39 is 0 Å². The Balaban J connectivity index is 1.83. The zero-order chi connectivity index (χ0) is 10.3. The Kier molecular flexibility index (Phi) is 2.36. The Labute approximate surface area is 96.8 Å². The highest BCUT2D eigenvalue weighted by Gasteiger charge is 2.34. The number of nitrogens with zero attached hydrogens (tertiary/aromatic N) is 3. The summed E-state index contributed by atoms with van der Waals surface area (Å²) in [5, 5.41) is 0. The molecule has 15 heavy (non-hydrogen) atoms. The highest BCUT2D eigenvalue weighted by Crippen LogP contribution is 2.29. The van der Waals surface area contributed by atoms with E-state index in [1.54, 1.807) is 6.33 Å². The number of rotatable bonds is 1. The van der Waals surface area contributed by atoms with Crippen molar-refractivity contribution in [1.29, 1.82) is 0 Å². The topological polar surface area (TPSA) is 38.2 Å². The first-order chi connectivity index (χ1) is 7.31. The Morgan fingerprint density at radius 2 is 2.00 bits per heavy atom. The summed E-state index contributed by atoms with van der Waals surface area (Å²) in [7, 11) is 0. The van der Waals surface area contributed by atoms with Gasteiger partial charge < -0.3 is 9.64 Å². The van der Waals surface area contributed by atoms with Gasteiger partial charge in [-0.25, -0.2) is 9.97 Å². The minimum absolute atomic E-state index is 0.400. The summed E-state index contributed by atoms with van der Waals surface area (Å²) >= 11 is 3.37. The van der Waals surface area contributed by atoms with Crippen molar-refractivity contribution >= 4 is 21.7 Å². The number of hydrogen-bond donors (Lipinski definition) is 0. The molecule has 0 radical (unpaired) electrons. The maximum absolute atomic E-state index is 5.78. The average Bonchev–Trinajstić information content (AvgIpc) is 2.58. The van der Waals surface area contributed by atoms with Crippen LogP contribution < -0.4 is 4.90 Å². The Bertz CT molecular complexity index is 361. The molecular formula is C10H12BrN3O. The van der Waals surface area contributed by atoms with E-state index in [1.807, 2.05) is 6.07 Å². The molecule has 0 aliphatic carbocycles. The van der Waals surface area contributed by atoms with Gasteiger partial charge in [0.2, 0.25) is 0 Å². The van der Waals surface area contributed by atoms with Crippen LogP contribution in [0.25, 0.3) is 0 Å². The van der Waals surface area contributed by atoms with Crippen LogP contribution in [0.4, 0.5) is 5.82 Å². The molecule has 2 unspecified atom stereocenters. The van der Waals surface area contributed by atoms with Crippen molar-refractivity contribution in [2.24, 2.45) is 0 Å². The third-order valence-electron chi connectivity index (χ3n) is 2.99. The molecule has 0 N–H and O–H groups in total. The predicted octanol–water partition coefficient (Wildman–Crippen LogP) is 1.61. The number of morpholine rings is 1. The van der Waals surface area contributed by atoms with Gasteiger partial charge in [-0.05, 0) is 28.8 Å². The van der Waals surface area contributed by atoms with Crippen molar-refractivity contribution in [2.45, 2.75) is 25.0 Å². The van der Waals surface area contributed by atoms with Crippen LogP contribution in [0.15, 0.2) is 17.0 Å². The third kappa shape index (κ3) is 1.86. The van der Waals surface area contributed by atoms with Crippen LogP contribution in [0.5, 0.6) is 0 Å². The van der Waals surface area contributed by atoms with E-state index >= 15 is 0 Å². The van der Waals surface area contributed by atoms with Crippen LogP contribution in [-0.2, 0) is 4.74 Å². The fourth-order valence-electron chi connectivity index (χ4n) is 2.30. The van der Waals surface area contributed by atoms with Gasteiger partial charge in [-0.15, -0.1) is 0 Å². The molecule has 0 aromatic carbocycles. The first-order valence-corrected chi connectivity index (χ1v) is 5.98. The van der Waals surface area contributed by atoms with Gasteiger partial charge in [-0.3, -0.25) is 0 Å². The van der Waals surface area contributed by atoms with E-state index in [4.69, 9.17) is 4.74 Å². The highest BCUT2D eigenvalue weighted by molar-refractivity contribution is 9.10. The third-order valence-corrected chi connectivity index (χ3v) is 3.42. The first kappa shape index (κ1) is 9.54. The van der Waals surface area contributed by atoms with Crippen LogP contribution in [0, 0.1) is 0 Å². The highest BCUT2D eigenvalue weighted by atomic mass is 79.9. The number of fused-ring (bicyclic) bond motifs is 2. The van der Waals surface area contributed by atoms with Crippen molar-refractivity contribution < 1.29 is 4.74 Å². The molecule has 5 heteroatoms. The first-order valence-electron chi connectivity index (χ1n) is 5.19. The van der Waals surface area contributed by atoms with Gasteiger partial charge >= 0.3 is 0 Å². The molecule has 0 saturated carbocycles. The maximum Gasteiger partial charge on any atom is 0.133 e. The molecule has 1 aromatic rings. The SMILES string of the molecule is Brc1cc(N2CC3CCC(C2)O3)ncn1. The molecule has 2 aliphatic heterocycles. The van der Waals surface area contributed by atoms with Gasteiger partial charge in [0, 0.05) is 19.2 Å². The van der Waals surface area contributed by atoms with E-state index in [0.29, 0.717) is 12.2 Å². The summed E-state index contributed by atoms with van der Waals surface area (Å²) in [6.07, 6.45) is 4.77. The zero-order valence-electron chi connectivity index (χ0n) is 8.27. The molecule has 0 spiro atoms. The Morgan fingerprint density at radius 1 is 1.27 bits per heavy atom. The second-order valence-electron chi connectivity index (χ2n) is 4.06. The van der Waals surface area contributed by atoms with Crippen molar-refractivity contribution in [3.8, 4) is 0 Å². The van der Waals surface area contributed by atoms with Crippen LogP contribution >= 0.6 is 15.9 Å². The smallest absolute Gasteiger partial charge is 0.133 e. The predicted molar refractivity (Wildman–Crippen MR) is 59.8 cm³/mol. The molecule has 2 bridgehead atoms. The summed E-state index contributed by atoms with van der Waals surface area (Å²) in [5.41, 5.74) is 0. The van der Waals surface area contributed by atoms with Gasteiger partial charge in [0.15, 0.2) is 0 Å². The molecule has 1 aromatic heterocycles. The minimum atomic E-state index is 0.400. The number of anilines is 1. The summed E-state index contributed by atoms with van der Waals surface area (Å²) in [4.78, 5) is 10.6. The largest absolute Gasteiger partial charge is 0.371 e. The van der Waals surface area contributed by atoms with E-state index in [2.05, 4.69) is 30.8 Å². The van der Waals surface area contributed by atoms with Crippen LogP contribution in [0.1, 0.15) is 12.8 Å². The molecule has 3 heterocycles. The lowest BCUT2D eigenvalue weighted by molar-refractivity contribution is 0.0302. The van der Waals surface area contributed by atoms with Crippen LogP contribution in [-0.4, -0.2) is 35.3 Å². The molecular weight excluding hydrogens is 258 g/mol. The summed E-state index contributed by atoms with van der Waals surface area (Å²) in [6.45, 7) is 1.92. The van der Waals surface area contributed by atoms with Crippen molar-refractivity contribution in [2.75, 3.05) is 18.0 Å². The van der Waals surface area contributed by atoms with E-state index in [9.17, 15) is 0 Å². The molecule has 2 saturated heterocycles. The molecule has 2 atom stereocenters. The number of aromatic nitrogens is 2. The normalized spacial score (nSPS) is 29.5. The quantitative estimate of drug-likeness (QED) is 0.727. The molecule has 4 nitrogen and oxygen atoms in total. The molecule has 0 amide bonds. The zero-order valence-corrected chi connectivity index (χ0v) is 9.85. The van der Waals surface area contributed by atoms with Gasteiger partial charge in [0.05, 0.1) is 12.2 Å².